The minimum atomic E-state index is -0.958. The molecule has 0 bridgehead atoms. The van der Waals surface area contributed by atoms with Crippen LogP contribution in [0.5, 0.6) is 5.88 Å². The molecule has 2 atom stereocenters. The maximum Gasteiger partial charge on any atom is 0.213 e. The van der Waals surface area contributed by atoms with E-state index in [4.69, 9.17) is 16.3 Å². The Morgan fingerprint density at radius 1 is 1.53 bits per heavy atom. The number of aliphatic hydroxyl groups is 2. The van der Waals surface area contributed by atoms with E-state index in [2.05, 4.69) is 4.98 Å². The van der Waals surface area contributed by atoms with Crippen molar-refractivity contribution in [3.8, 4) is 5.88 Å². The summed E-state index contributed by atoms with van der Waals surface area (Å²) in [6.45, 7) is 0. The highest BCUT2D eigenvalue weighted by Crippen LogP contribution is 2.21. The van der Waals surface area contributed by atoms with Gasteiger partial charge in [0.05, 0.1) is 13.2 Å². The van der Waals surface area contributed by atoms with Crippen LogP contribution in [0.4, 0.5) is 0 Å². The van der Waals surface area contributed by atoms with Gasteiger partial charge in [0.15, 0.2) is 0 Å². The minimum absolute atomic E-state index is 0.306. The van der Waals surface area contributed by atoms with E-state index < -0.39 is 12.2 Å². The van der Waals surface area contributed by atoms with Crippen LogP contribution in [0.25, 0.3) is 0 Å². The lowest BCUT2D eigenvalue weighted by Gasteiger charge is -2.17. The average Bonchev–Trinajstić information content (AvgIpc) is 2.28. The molecule has 15 heavy (non-hydrogen) atoms. The van der Waals surface area contributed by atoms with E-state index in [0.717, 1.165) is 0 Å². The molecule has 0 fully saturated rings. The van der Waals surface area contributed by atoms with Crippen molar-refractivity contribution < 1.29 is 14.9 Å². The van der Waals surface area contributed by atoms with Crippen molar-refractivity contribution >= 4 is 11.6 Å². The van der Waals surface area contributed by atoms with Crippen molar-refractivity contribution in [3.05, 3.63) is 23.9 Å². The van der Waals surface area contributed by atoms with Gasteiger partial charge in [0.25, 0.3) is 0 Å². The van der Waals surface area contributed by atoms with Gasteiger partial charge in [0.2, 0.25) is 5.88 Å². The monoisotopic (exact) mass is 231 g/mol. The number of alkyl halides is 1. The molecule has 0 saturated carbocycles. The second kappa shape index (κ2) is 5.90. The van der Waals surface area contributed by atoms with Crippen LogP contribution in [0.15, 0.2) is 18.3 Å². The molecule has 1 heterocycles. The second-order valence-electron chi connectivity index (χ2n) is 3.12. The standard InChI is InChI=1S/C10H14ClNO3/c1-15-9-6-7(3-5-12-9)10(14)8(13)2-4-11/h3,5-6,8,10,13-14H,2,4H2,1H3. The Balaban J connectivity index is 2.76. The Morgan fingerprint density at radius 2 is 2.27 bits per heavy atom. The summed E-state index contributed by atoms with van der Waals surface area (Å²) in [5, 5.41) is 19.3. The Bertz CT molecular complexity index is 308. The van der Waals surface area contributed by atoms with E-state index in [0.29, 0.717) is 23.7 Å². The van der Waals surface area contributed by atoms with Gasteiger partial charge in [-0.05, 0) is 18.1 Å². The first-order chi connectivity index (χ1) is 7.19. The lowest BCUT2D eigenvalue weighted by atomic mass is 10.0. The molecule has 0 aromatic carbocycles. The van der Waals surface area contributed by atoms with Crippen LogP contribution in [-0.2, 0) is 0 Å². The highest BCUT2D eigenvalue weighted by Gasteiger charge is 2.18. The van der Waals surface area contributed by atoms with Gasteiger partial charge in [0, 0.05) is 18.1 Å². The molecule has 1 aromatic rings. The van der Waals surface area contributed by atoms with E-state index in [1.165, 1.54) is 13.3 Å². The van der Waals surface area contributed by atoms with Crippen LogP contribution in [0.1, 0.15) is 18.1 Å². The van der Waals surface area contributed by atoms with Crippen LogP contribution in [-0.4, -0.2) is 34.3 Å². The fourth-order valence-corrected chi connectivity index (χ4v) is 1.44. The first kappa shape index (κ1) is 12.2. The normalized spacial score (nSPS) is 14.7. The Labute approximate surface area is 93.5 Å². The number of nitrogens with zero attached hydrogens (tertiary/aromatic N) is 1. The molecular formula is C10H14ClNO3. The molecule has 5 heteroatoms. The summed E-state index contributed by atoms with van der Waals surface area (Å²) < 4.78 is 4.91. The maximum absolute atomic E-state index is 9.75. The number of hydrogen-bond acceptors (Lipinski definition) is 4. The molecule has 0 aliphatic carbocycles. The summed E-state index contributed by atoms with van der Waals surface area (Å²) in [7, 11) is 1.49. The lowest BCUT2D eigenvalue weighted by molar-refractivity contribution is 0.0168. The van der Waals surface area contributed by atoms with Crippen LogP contribution >= 0.6 is 11.6 Å². The molecule has 2 N–H and O–H groups in total. The topological polar surface area (TPSA) is 62.6 Å². The van der Waals surface area contributed by atoms with Gasteiger partial charge in [-0.2, -0.15) is 0 Å². The fourth-order valence-electron chi connectivity index (χ4n) is 1.21. The number of methoxy groups -OCH3 is 1. The third kappa shape index (κ3) is 3.34. The molecule has 0 amide bonds. The van der Waals surface area contributed by atoms with E-state index in [9.17, 15) is 10.2 Å². The highest BCUT2D eigenvalue weighted by molar-refractivity contribution is 6.17. The van der Waals surface area contributed by atoms with Crippen LogP contribution in [0, 0.1) is 0 Å². The molecule has 0 spiro atoms. The van der Waals surface area contributed by atoms with E-state index >= 15 is 0 Å². The molecular weight excluding hydrogens is 218 g/mol. The molecule has 2 unspecified atom stereocenters. The quantitative estimate of drug-likeness (QED) is 0.746. The summed E-state index contributed by atoms with van der Waals surface area (Å²) in [6, 6.07) is 3.22. The van der Waals surface area contributed by atoms with Gasteiger partial charge in [-0.25, -0.2) is 4.98 Å². The zero-order valence-electron chi connectivity index (χ0n) is 8.43. The maximum atomic E-state index is 9.75. The van der Waals surface area contributed by atoms with Gasteiger partial charge in [0.1, 0.15) is 6.10 Å². The zero-order valence-corrected chi connectivity index (χ0v) is 9.18. The van der Waals surface area contributed by atoms with Gasteiger partial charge >= 0.3 is 0 Å². The predicted molar refractivity (Wildman–Crippen MR) is 57.1 cm³/mol. The molecule has 84 valence electrons. The number of aromatic nitrogens is 1. The first-order valence-electron chi connectivity index (χ1n) is 4.61. The minimum Gasteiger partial charge on any atom is -0.481 e. The largest absolute Gasteiger partial charge is 0.481 e. The number of rotatable bonds is 5. The molecule has 0 aliphatic heterocycles. The van der Waals surface area contributed by atoms with Crippen molar-refractivity contribution in [2.75, 3.05) is 13.0 Å². The van der Waals surface area contributed by atoms with Crippen molar-refractivity contribution in [1.82, 2.24) is 4.98 Å². The predicted octanol–water partition coefficient (Wildman–Crippen LogP) is 1.11. The molecule has 1 rings (SSSR count). The fraction of sp³-hybridized carbons (Fsp3) is 0.500. The Kier molecular flexibility index (Phi) is 4.81. The summed E-state index contributed by atoms with van der Waals surface area (Å²) in [6.07, 6.45) is 0.0355. The highest BCUT2D eigenvalue weighted by atomic mass is 35.5. The van der Waals surface area contributed by atoms with Gasteiger partial charge in [-0.3, -0.25) is 0 Å². The Hall–Kier alpha value is -0.840. The number of pyridine rings is 1. The van der Waals surface area contributed by atoms with Crippen LogP contribution in [0.3, 0.4) is 0 Å². The van der Waals surface area contributed by atoms with Crippen molar-refractivity contribution in [3.63, 3.8) is 0 Å². The molecule has 1 aromatic heterocycles. The van der Waals surface area contributed by atoms with Crippen LogP contribution in [0.2, 0.25) is 0 Å². The molecule has 0 radical (unpaired) electrons. The molecule has 4 nitrogen and oxygen atoms in total. The van der Waals surface area contributed by atoms with Crippen molar-refractivity contribution in [2.24, 2.45) is 0 Å². The van der Waals surface area contributed by atoms with E-state index in [1.54, 1.807) is 12.1 Å². The number of aliphatic hydroxyl groups excluding tert-OH is 2. The third-order valence-electron chi connectivity index (χ3n) is 2.08. The Morgan fingerprint density at radius 3 is 2.87 bits per heavy atom. The third-order valence-corrected chi connectivity index (χ3v) is 2.30. The summed E-state index contributed by atoms with van der Waals surface area (Å²) in [5.74, 6) is 0.713. The van der Waals surface area contributed by atoms with Gasteiger partial charge < -0.3 is 14.9 Å². The zero-order chi connectivity index (χ0) is 11.3. The average molecular weight is 232 g/mol. The number of halogens is 1. The lowest BCUT2D eigenvalue weighted by Crippen LogP contribution is -2.18. The SMILES string of the molecule is COc1cc(C(O)C(O)CCCl)ccn1. The van der Waals surface area contributed by atoms with Crippen LogP contribution < -0.4 is 4.74 Å². The van der Waals surface area contributed by atoms with Gasteiger partial charge in [-0.1, -0.05) is 0 Å². The van der Waals surface area contributed by atoms with Crippen molar-refractivity contribution in [2.45, 2.75) is 18.6 Å². The van der Waals surface area contributed by atoms with Crippen molar-refractivity contribution in [1.29, 1.82) is 0 Å². The summed E-state index contributed by atoms with van der Waals surface area (Å²) >= 11 is 5.48. The second-order valence-corrected chi connectivity index (χ2v) is 3.50. The number of ether oxygens (including phenoxy) is 1. The van der Waals surface area contributed by atoms with E-state index in [1.807, 2.05) is 0 Å². The summed E-state index contributed by atoms with van der Waals surface area (Å²) in [4.78, 5) is 3.90. The first-order valence-corrected chi connectivity index (χ1v) is 5.14. The number of hydrogen-bond donors (Lipinski definition) is 2. The summed E-state index contributed by atoms with van der Waals surface area (Å²) in [5.41, 5.74) is 0.569. The smallest absolute Gasteiger partial charge is 0.213 e. The van der Waals surface area contributed by atoms with E-state index in [-0.39, 0.29) is 0 Å². The molecule has 0 aliphatic rings. The molecule has 0 saturated heterocycles. The van der Waals surface area contributed by atoms with Gasteiger partial charge in [-0.15, -0.1) is 11.6 Å².